The molecule has 2 aliphatic carbocycles. The quantitative estimate of drug-likeness (QED) is 0.267. The number of carbonyl (C=O) groups is 1. The zero-order chi connectivity index (χ0) is 27.4. The summed E-state index contributed by atoms with van der Waals surface area (Å²) in [6.07, 6.45) is 21.5. The molecule has 0 spiro atoms. The number of hydrogen-bond donors (Lipinski definition) is 2. The van der Waals surface area contributed by atoms with E-state index >= 15 is 0 Å². The van der Waals surface area contributed by atoms with Gasteiger partial charge in [0.2, 0.25) is 0 Å². The molecule has 0 unspecified atom stereocenters. The molecule has 3 aromatic rings. The van der Waals surface area contributed by atoms with Crippen molar-refractivity contribution in [2.75, 3.05) is 5.32 Å². The van der Waals surface area contributed by atoms with Gasteiger partial charge in [-0.05, 0) is 95.4 Å². The van der Waals surface area contributed by atoms with Crippen molar-refractivity contribution in [1.29, 1.82) is 0 Å². The summed E-state index contributed by atoms with van der Waals surface area (Å²) in [5.41, 5.74) is 6.10. The van der Waals surface area contributed by atoms with Crippen LogP contribution >= 0.6 is 0 Å². The van der Waals surface area contributed by atoms with Gasteiger partial charge in [0, 0.05) is 11.3 Å². The minimum Gasteiger partial charge on any atom is -0.872 e. The Kier molecular flexibility index (Phi) is 18.0. The monoisotopic (exact) mass is 598 g/mol. The van der Waals surface area contributed by atoms with Crippen LogP contribution in [0.2, 0.25) is 0 Å². The molecule has 39 heavy (non-hydrogen) atoms. The first-order valence-electron chi connectivity index (χ1n) is 11.5. The van der Waals surface area contributed by atoms with Crippen molar-refractivity contribution >= 4 is 23.3 Å². The number of nitrogens with two attached hydrogens (primary N) is 1. The van der Waals surface area contributed by atoms with Crippen molar-refractivity contribution in [3.8, 4) is 5.75 Å². The maximum atomic E-state index is 11.7. The van der Waals surface area contributed by atoms with Gasteiger partial charge >= 0.3 is 26.2 Å². The molecule has 0 atom stereocenters. The van der Waals surface area contributed by atoms with Gasteiger partial charge in [0.25, 0.3) is 5.91 Å². The maximum Gasteiger partial charge on any atom is 4.00 e. The van der Waals surface area contributed by atoms with Crippen molar-refractivity contribution in [3.63, 3.8) is 0 Å². The normalized spacial score (nSPS) is 14.3. The Morgan fingerprint density at radius 3 is 1.74 bits per heavy atom. The Morgan fingerprint density at radius 1 is 0.769 bits per heavy atom. The fraction of sp³-hybridized carbons (Fsp3) is 0.0333. The van der Waals surface area contributed by atoms with Gasteiger partial charge < -0.3 is 25.7 Å². The number of furan rings is 1. The topological polar surface area (TPSA) is 139 Å². The zero-order valence-electron chi connectivity index (χ0n) is 21.3. The molecule has 2 aromatic carbocycles. The van der Waals surface area contributed by atoms with Gasteiger partial charge in [-0.1, -0.05) is 48.2 Å². The minimum atomic E-state index is -0.819. The number of nitrogens with zero attached hydrogens (tertiary/aromatic N) is 2. The third kappa shape index (κ3) is 15.1. The van der Waals surface area contributed by atoms with Gasteiger partial charge in [0.15, 0.2) is 0 Å². The van der Waals surface area contributed by atoms with Crippen molar-refractivity contribution in [1.82, 2.24) is 0 Å². The van der Waals surface area contributed by atoms with E-state index < -0.39 is 6.02 Å². The first-order valence-corrected chi connectivity index (χ1v) is 11.5. The molecule has 194 valence electrons. The SMILES string of the molecule is C/C(=N\N=C(\N)[O-])c1ccco1.O=C(Nc1ccccc1)c1ccccc1[O-].[CH]1[CH][CH][CH][CH]1.[CH]1[CH][CH][CH][CH]1.[Zr+4]. The molecule has 2 fully saturated rings. The number of amidine groups is 1. The van der Waals surface area contributed by atoms with Crippen LogP contribution in [-0.2, 0) is 26.2 Å². The number of hydrogen-bond acceptors (Lipinski definition) is 6. The summed E-state index contributed by atoms with van der Waals surface area (Å²) in [6.45, 7) is 1.67. The average Bonchev–Trinajstić information content (AvgIpc) is 3.75. The van der Waals surface area contributed by atoms with Gasteiger partial charge in [-0.3, -0.25) is 4.79 Å². The van der Waals surface area contributed by atoms with Gasteiger partial charge in [-0.15, -0.1) is 5.10 Å². The third-order valence-electron chi connectivity index (χ3n) is 4.45. The van der Waals surface area contributed by atoms with Crippen LogP contribution < -0.4 is 21.3 Å². The Morgan fingerprint density at radius 2 is 1.28 bits per heavy atom. The predicted octanol–water partition coefficient (Wildman–Crippen LogP) is 3.73. The summed E-state index contributed by atoms with van der Waals surface area (Å²) < 4.78 is 4.98. The van der Waals surface area contributed by atoms with Crippen molar-refractivity contribution in [2.24, 2.45) is 15.9 Å². The number of rotatable bonds is 4. The minimum absolute atomic E-state index is 0. The van der Waals surface area contributed by atoms with Crippen LogP contribution in [-0.4, -0.2) is 17.6 Å². The number of benzene rings is 2. The second-order valence-electron chi connectivity index (χ2n) is 7.34. The third-order valence-corrected chi connectivity index (χ3v) is 4.45. The fourth-order valence-electron chi connectivity index (χ4n) is 2.67. The van der Waals surface area contributed by atoms with Crippen LogP contribution in [0.3, 0.4) is 0 Å². The second kappa shape index (κ2) is 20.7. The molecule has 8 nitrogen and oxygen atoms in total. The van der Waals surface area contributed by atoms with E-state index in [4.69, 9.17) is 10.2 Å². The first kappa shape index (κ1) is 33.8. The largest absolute Gasteiger partial charge is 4.00 e. The predicted molar refractivity (Wildman–Crippen MR) is 146 cm³/mol. The van der Waals surface area contributed by atoms with E-state index in [2.05, 4.69) is 15.5 Å². The van der Waals surface area contributed by atoms with Gasteiger partial charge in [-0.25, -0.2) is 0 Å². The van der Waals surface area contributed by atoms with Crippen LogP contribution in [0.1, 0.15) is 23.0 Å². The molecule has 1 amide bonds. The molecule has 2 saturated carbocycles. The number of carbonyl (C=O) groups excluding carboxylic acids is 1. The number of amides is 1. The molecule has 1 heterocycles. The van der Waals surface area contributed by atoms with Crippen molar-refractivity contribution < 1.29 is 45.6 Å². The summed E-state index contributed by atoms with van der Waals surface area (Å²) in [5, 5.41) is 30.9. The Bertz CT molecular complexity index is 1080. The van der Waals surface area contributed by atoms with Crippen LogP contribution in [0.5, 0.6) is 5.75 Å². The summed E-state index contributed by atoms with van der Waals surface area (Å²) in [4.78, 5) is 11.7. The molecule has 1 aromatic heterocycles. The Labute approximate surface area is 250 Å². The van der Waals surface area contributed by atoms with E-state index in [-0.39, 0.29) is 43.4 Å². The van der Waals surface area contributed by atoms with E-state index in [1.54, 1.807) is 43.3 Å². The summed E-state index contributed by atoms with van der Waals surface area (Å²) in [6, 6.07) is 17.8. The molecule has 10 radical (unpaired) electrons. The molecule has 5 rings (SSSR count). The molecular weight excluding hydrogens is 572 g/mol. The Hall–Kier alpha value is -3.19. The van der Waals surface area contributed by atoms with Gasteiger partial charge in [0.05, 0.1) is 12.3 Å². The number of para-hydroxylation sites is 2. The maximum absolute atomic E-state index is 11.7. The molecule has 0 bridgehead atoms. The van der Waals surface area contributed by atoms with E-state index in [1.165, 1.54) is 18.4 Å². The van der Waals surface area contributed by atoms with Crippen LogP contribution in [0.4, 0.5) is 5.69 Å². The van der Waals surface area contributed by atoms with Crippen LogP contribution in [0.25, 0.3) is 0 Å². The van der Waals surface area contributed by atoms with Crippen molar-refractivity contribution in [2.45, 2.75) is 6.92 Å². The van der Waals surface area contributed by atoms with Crippen LogP contribution in [0.15, 0.2) is 87.6 Å². The van der Waals surface area contributed by atoms with E-state index in [1.807, 2.05) is 82.4 Å². The van der Waals surface area contributed by atoms with E-state index in [9.17, 15) is 15.0 Å². The van der Waals surface area contributed by atoms with E-state index in [0.717, 1.165) is 0 Å². The number of nitrogens with one attached hydrogen (secondary N) is 1. The summed E-state index contributed by atoms with van der Waals surface area (Å²) in [7, 11) is 0. The smallest absolute Gasteiger partial charge is 0.872 e. The zero-order valence-corrected chi connectivity index (χ0v) is 23.8. The second-order valence-corrected chi connectivity index (χ2v) is 7.34. The summed E-state index contributed by atoms with van der Waals surface area (Å²) in [5.74, 6) is -0.0762. The molecule has 0 aliphatic heterocycles. The van der Waals surface area contributed by atoms with E-state index in [0.29, 0.717) is 17.2 Å². The molecule has 0 saturated heterocycles. The molecular formula is C30H28N4O4Zr+2. The molecule has 3 N–H and O–H groups in total. The van der Waals surface area contributed by atoms with Gasteiger partial charge in [-0.2, -0.15) is 5.10 Å². The molecule has 9 heteroatoms. The average molecular weight is 600 g/mol. The van der Waals surface area contributed by atoms with Gasteiger partial charge in [0.1, 0.15) is 11.5 Å². The first-order chi connectivity index (χ1) is 18.5. The summed E-state index contributed by atoms with van der Waals surface area (Å²) >= 11 is 0. The molecule has 2 aliphatic rings. The van der Waals surface area contributed by atoms with Crippen molar-refractivity contribution in [3.05, 3.63) is 149 Å². The standard InChI is InChI=1S/C13H11NO2.C7H9N3O2.2C5H5.Zr/c15-12-9-5-4-8-11(12)13(16)14-10-6-2-1-3-7-10;1-5(9-10-7(8)11)6-3-2-4-12-6;2*1-2-4-5-3-1;/h1-9,15H,(H,14,16);2-4H,1H3,(H3,8,10,11);2*1-5H;/q;;;;+4/p-2/b;9-5+;;;. The fourth-order valence-corrected chi connectivity index (χ4v) is 2.67. The van der Waals surface area contributed by atoms with Crippen LogP contribution in [0, 0.1) is 64.2 Å². The Balaban J connectivity index is 0.000000288. The number of anilines is 1.